The first-order valence-electron chi connectivity index (χ1n) is 9.36. The highest BCUT2D eigenvalue weighted by Gasteiger charge is 2.19. The molecule has 0 bridgehead atoms. The molecule has 2 heterocycles. The second-order valence-corrected chi connectivity index (χ2v) is 7.75. The fourth-order valence-electron chi connectivity index (χ4n) is 2.85. The average molecular weight is 396 g/mol. The van der Waals surface area contributed by atoms with Crippen LogP contribution in [0, 0.1) is 13.8 Å². The van der Waals surface area contributed by atoms with Crippen molar-refractivity contribution in [3.8, 4) is 17.2 Å². The van der Waals surface area contributed by atoms with Gasteiger partial charge in [0.05, 0.1) is 11.4 Å². The highest BCUT2D eigenvalue weighted by Crippen LogP contribution is 2.29. The molecule has 6 nitrogen and oxygen atoms in total. The van der Waals surface area contributed by atoms with Gasteiger partial charge in [-0.15, -0.1) is 10.2 Å². The van der Waals surface area contributed by atoms with Gasteiger partial charge in [-0.25, -0.2) is 0 Å². The predicted molar refractivity (Wildman–Crippen MR) is 113 cm³/mol. The molecule has 2 aromatic heterocycles. The van der Waals surface area contributed by atoms with Gasteiger partial charge in [-0.2, -0.15) is 0 Å². The lowest BCUT2D eigenvalue weighted by Gasteiger charge is -2.14. The van der Waals surface area contributed by atoms with Crippen LogP contribution in [0.15, 0.2) is 47.8 Å². The summed E-state index contributed by atoms with van der Waals surface area (Å²) in [5, 5.41) is 12.4. The number of aryl methyl sites for hydroxylation is 2. The van der Waals surface area contributed by atoms with E-state index in [2.05, 4.69) is 52.5 Å². The van der Waals surface area contributed by atoms with Gasteiger partial charge < -0.3 is 5.32 Å². The van der Waals surface area contributed by atoms with Gasteiger partial charge >= 0.3 is 0 Å². The number of pyridine rings is 1. The number of nitrogens with one attached hydrogen (secondary N) is 1. The summed E-state index contributed by atoms with van der Waals surface area (Å²) in [6.07, 6.45) is 2.64. The molecule has 3 aromatic rings. The Labute approximate surface area is 169 Å². The van der Waals surface area contributed by atoms with Crippen molar-refractivity contribution >= 4 is 17.7 Å². The standard InChI is InChI=1S/C21H25N5OS/c1-5-16(4)23-19(27)13-28-21-25-24-20(17-8-6-7-11-22-17)26(21)18-10-9-14(2)12-15(18)3/h6-12,16H,5,13H2,1-4H3,(H,23,27)/t16-/m0/s1. The van der Waals surface area contributed by atoms with Crippen molar-refractivity contribution in [3.63, 3.8) is 0 Å². The topological polar surface area (TPSA) is 72.7 Å². The van der Waals surface area contributed by atoms with Crippen molar-refractivity contribution in [2.24, 2.45) is 0 Å². The average Bonchev–Trinajstić information content (AvgIpc) is 3.10. The number of carbonyl (C=O) groups excluding carboxylic acids is 1. The van der Waals surface area contributed by atoms with E-state index in [4.69, 9.17) is 0 Å². The molecule has 1 N–H and O–H groups in total. The summed E-state index contributed by atoms with van der Waals surface area (Å²) in [6, 6.07) is 12.1. The van der Waals surface area contributed by atoms with Crippen molar-refractivity contribution in [2.75, 3.05) is 5.75 Å². The minimum Gasteiger partial charge on any atom is -0.353 e. The Bertz CT molecular complexity index is 955. The Kier molecular flexibility index (Phi) is 6.46. The Morgan fingerprint density at radius 2 is 2.04 bits per heavy atom. The Balaban J connectivity index is 1.97. The minimum atomic E-state index is -0.00564. The van der Waals surface area contributed by atoms with E-state index in [0.29, 0.717) is 11.0 Å². The Morgan fingerprint density at radius 1 is 1.21 bits per heavy atom. The largest absolute Gasteiger partial charge is 0.353 e. The third-order valence-electron chi connectivity index (χ3n) is 4.47. The van der Waals surface area contributed by atoms with Gasteiger partial charge in [-0.3, -0.25) is 14.3 Å². The maximum atomic E-state index is 12.2. The summed E-state index contributed by atoms with van der Waals surface area (Å²) in [4.78, 5) is 16.6. The highest BCUT2D eigenvalue weighted by molar-refractivity contribution is 7.99. The molecule has 0 spiro atoms. The summed E-state index contributed by atoms with van der Waals surface area (Å²) >= 11 is 1.38. The molecule has 0 fully saturated rings. The van der Waals surface area contributed by atoms with Crippen LogP contribution in [0.5, 0.6) is 0 Å². The second kappa shape index (κ2) is 9.01. The second-order valence-electron chi connectivity index (χ2n) is 6.81. The van der Waals surface area contributed by atoms with Crippen LogP contribution >= 0.6 is 11.8 Å². The van der Waals surface area contributed by atoms with Crippen LogP contribution < -0.4 is 5.32 Å². The van der Waals surface area contributed by atoms with E-state index in [0.717, 1.165) is 23.4 Å². The SMILES string of the molecule is CC[C@H](C)NC(=O)CSc1nnc(-c2ccccn2)n1-c1ccc(C)cc1C. The molecule has 1 amide bonds. The van der Waals surface area contributed by atoms with E-state index in [-0.39, 0.29) is 17.7 Å². The van der Waals surface area contributed by atoms with Gasteiger partial charge in [0.15, 0.2) is 11.0 Å². The monoisotopic (exact) mass is 395 g/mol. The molecule has 146 valence electrons. The lowest BCUT2D eigenvalue weighted by Crippen LogP contribution is -2.33. The summed E-state index contributed by atoms with van der Waals surface area (Å²) in [5.41, 5.74) is 4.03. The molecule has 0 radical (unpaired) electrons. The first-order valence-corrected chi connectivity index (χ1v) is 10.3. The van der Waals surface area contributed by atoms with Gasteiger partial charge in [0.1, 0.15) is 5.69 Å². The van der Waals surface area contributed by atoms with Crippen LogP contribution in [-0.2, 0) is 4.79 Å². The molecule has 0 aliphatic carbocycles. The van der Waals surface area contributed by atoms with Crippen LogP contribution in [0.4, 0.5) is 0 Å². The van der Waals surface area contributed by atoms with Gasteiger partial charge in [-0.1, -0.05) is 42.4 Å². The van der Waals surface area contributed by atoms with Crippen LogP contribution in [0.2, 0.25) is 0 Å². The van der Waals surface area contributed by atoms with E-state index < -0.39 is 0 Å². The number of benzene rings is 1. The molecular formula is C21H25N5OS. The number of carbonyl (C=O) groups is 1. The van der Waals surface area contributed by atoms with Gasteiger partial charge in [-0.05, 0) is 51.0 Å². The number of hydrogen-bond acceptors (Lipinski definition) is 5. The zero-order valence-electron chi connectivity index (χ0n) is 16.6. The molecule has 0 aliphatic rings. The lowest BCUT2D eigenvalue weighted by molar-refractivity contribution is -0.119. The van der Waals surface area contributed by atoms with E-state index in [1.54, 1.807) is 6.20 Å². The van der Waals surface area contributed by atoms with Crippen molar-refractivity contribution in [3.05, 3.63) is 53.7 Å². The summed E-state index contributed by atoms with van der Waals surface area (Å²) in [7, 11) is 0. The minimum absolute atomic E-state index is 0.00564. The molecule has 1 atom stereocenters. The van der Waals surface area contributed by atoms with Gasteiger partial charge in [0.25, 0.3) is 0 Å². The van der Waals surface area contributed by atoms with Gasteiger partial charge in [0.2, 0.25) is 5.91 Å². The van der Waals surface area contributed by atoms with Crippen molar-refractivity contribution in [2.45, 2.75) is 45.3 Å². The van der Waals surface area contributed by atoms with Crippen LogP contribution in [-0.4, -0.2) is 37.5 Å². The van der Waals surface area contributed by atoms with Crippen molar-refractivity contribution in [1.82, 2.24) is 25.1 Å². The predicted octanol–water partition coefficient (Wildman–Crippen LogP) is 3.95. The van der Waals surface area contributed by atoms with E-state index >= 15 is 0 Å². The van der Waals surface area contributed by atoms with E-state index in [1.165, 1.54) is 17.3 Å². The lowest BCUT2D eigenvalue weighted by atomic mass is 10.1. The van der Waals surface area contributed by atoms with Crippen molar-refractivity contribution in [1.29, 1.82) is 0 Å². The molecule has 0 saturated carbocycles. The smallest absolute Gasteiger partial charge is 0.230 e. The number of amides is 1. The molecule has 0 aliphatic heterocycles. The molecule has 0 unspecified atom stereocenters. The highest BCUT2D eigenvalue weighted by atomic mass is 32.2. The number of nitrogens with zero attached hydrogens (tertiary/aromatic N) is 4. The molecule has 7 heteroatoms. The quantitative estimate of drug-likeness (QED) is 0.613. The first kappa shape index (κ1) is 20.1. The number of aromatic nitrogens is 4. The van der Waals surface area contributed by atoms with Crippen LogP contribution in [0.3, 0.4) is 0 Å². The fraction of sp³-hybridized carbons (Fsp3) is 0.333. The summed E-state index contributed by atoms with van der Waals surface area (Å²) in [5.74, 6) is 0.946. The zero-order chi connectivity index (χ0) is 20.1. The molecular weight excluding hydrogens is 370 g/mol. The maximum absolute atomic E-state index is 12.2. The molecule has 28 heavy (non-hydrogen) atoms. The fourth-order valence-corrected chi connectivity index (χ4v) is 3.60. The number of rotatable bonds is 7. The normalized spacial score (nSPS) is 12.0. The molecule has 0 saturated heterocycles. The maximum Gasteiger partial charge on any atom is 0.230 e. The third-order valence-corrected chi connectivity index (χ3v) is 5.40. The van der Waals surface area contributed by atoms with Crippen LogP contribution in [0.25, 0.3) is 17.2 Å². The number of hydrogen-bond donors (Lipinski definition) is 1. The third kappa shape index (κ3) is 4.59. The Morgan fingerprint density at radius 3 is 2.71 bits per heavy atom. The first-order chi connectivity index (χ1) is 13.5. The Hall–Kier alpha value is -2.67. The molecule has 3 rings (SSSR count). The van der Waals surface area contributed by atoms with Gasteiger partial charge in [0, 0.05) is 12.2 Å². The van der Waals surface area contributed by atoms with Crippen molar-refractivity contribution < 1.29 is 4.79 Å². The van der Waals surface area contributed by atoms with E-state index in [1.807, 2.05) is 36.6 Å². The summed E-state index contributed by atoms with van der Waals surface area (Å²) in [6.45, 7) is 8.18. The zero-order valence-corrected chi connectivity index (χ0v) is 17.5. The number of thioether (sulfide) groups is 1. The summed E-state index contributed by atoms with van der Waals surface area (Å²) < 4.78 is 1.98. The van der Waals surface area contributed by atoms with E-state index in [9.17, 15) is 4.79 Å². The van der Waals surface area contributed by atoms with Crippen LogP contribution in [0.1, 0.15) is 31.4 Å². The molecule has 1 aromatic carbocycles.